The third kappa shape index (κ3) is 2.22. The van der Waals surface area contributed by atoms with Gasteiger partial charge < -0.3 is 5.11 Å². The molecule has 1 aromatic rings. The van der Waals surface area contributed by atoms with E-state index in [-0.39, 0.29) is 12.6 Å². The van der Waals surface area contributed by atoms with Crippen molar-refractivity contribution in [2.24, 2.45) is 0 Å². The van der Waals surface area contributed by atoms with E-state index < -0.39 is 5.97 Å². The Morgan fingerprint density at radius 2 is 2.38 bits per heavy atom. The predicted molar refractivity (Wildman–Crippen MR) is 56.7 cm³/mol. The highest BCUT2D eigenvalue weighted by atomic mass is 16.4. The van der Waals surface area contributed by atoms with Gasteiger partial charge in [0.25, 0.3) is 5.82 Å². The van der Waals surface area contributed by atoms with E-state index in [0.717, 1.165) is 17.9 Å². The van der Waals surface area contributed by atoms with Gasteiger partial charge in [0, 0.05) is 13.3 Å². The van der Waals surface area contributed by atoms with Crippen molar-refractivity contribution in [3.8, 4) is 6.07 Å². The lowest BCUT2D eigenvalue weighted by atomic mass is 10.3. The third-order valence-electron chi connectivity index (χ3n) is 2.66. The largest absolute Gasteiger partial charge is 0.478 e. The molecule has 16 heavy (non-hydrogen) atoms. The minimum Gasteiger partial charge on any atom is -0.478 e. The Labute approximate surface area is 94.5 Å². The van der Waals surface area contributed by atoms with Crippen molar-refractivity contribution in [2.45, 2.75) is 39.8 Å². The van der Waals surface area contributed by atoms with E-state index >= 15 is 0 Å². The molecule has 0 aliphatic carbocycles. The van der Waals surface area contributed by atoms with Crippen LogP contribution in [0, 0.1) is 18.3 Å². The summed E-state index contributed by atoms with van der Waals surface area (Å²) < 4.78 is 3.54. The van der Waals surface area contributed by atoms with Crippen LogP contribution in [0.3, 0.4) is 0 Å². The number of rotatable bonds is 4. The molecule has 0 saturated heterocycles. The number of aromatic nitrogens is 2. The Bertz CT molecular complexity index is 443. The highest BCUT2D eigenvalue weighted by molar-refractivity contribution is 5.66. The number of carbonyl (C=O) groups is 1. The Balaban J connectivity index is 3.22. The van der Waals surface area contributed by atoms with Gasteiger partial charge in [-0.2, -0.15) is 5.26 Å². The van der Waals surface area contributed by atoms with Crippen molar-refractivity contribution in [1.29, 1.82) is 5.26 Å². The van der Waals surface area contributed by atoms with Gasteiger partial charge in [0.05, 0.1) is 0 Å². The van der Waals surface area contributed by atoms with E-state index in [1.807, 2.05) is 24.6 Å². The molecule has 0 aliphatic rings. The maximum Gasteiger partial charge on any atom is 0.346 e. The van der Waals surface area contributed by atoms with Gasteiger partial charge in [0.1, 0.15) is 18.0 Å². The number of hydrogen-bond donors (Lipinski definition) is 1. The zero-order valence-corrected chi connectivity index (χ0v) is 9.77. The summed E-state index contributed by atoms with van der Waals surface area (Å²) in [6.07, 6.45) is 2.60. The monoisotopic (exact) mass is 222 g/mol. The first kappa shape index (κ1) is 12.2. The third-order valence-corrected chi connectivity index (χ3v) is 2.66. The van der Waals surface area contributed by atoms with Crippen molar-refractivity contribution in [3.63, 3.8) is 0 Å². The average Bonchev–Trinajstić information content (AvgIpc) is 2.55. The zero-order valence-electron chi connectivity index (χ0n) is 9.77. The molecule has 0 aliphatic heterocycles. The summed E-state index contributed by atoms with van der Waals surface area (Å²) >= 11 is 0. The molecule has 0 radical (unpaired) electrons. The lowest BCUT2D eigenvalue weighted by Crippen LogP contribution is -2.38. The molecule has 0 bridgehead atoms. The van der Waals surface area contributed by atoms with Crippen molar-refractivity contribution in [2.75, 3.05) is 0 Å². The standard InChI is InChI=1S/C11H15N3O2/c1-4-10-6-13(8(2)5-12)9(3)14(10)7-11(15)16/h6,8H,4,7H2,1-3H3/p+1. The van der Waals surface area contributed by atoms with Gasteiger partial charge in [-0.3, -0.25) is 0 Å². The average molecular weight is 222 g/mol. The number of hydrogen-bond acceptors (Lipinski definition) is 2. The SMILES string of the molecule is CCc1c[n+](C(C)C#N)c(C)n1CC(=O)O. The second kappa shape index (κ2) is 4.79. The van der Waals surface area contributed by atoms with Gasteiger partial charge in [-0.1, -0.05) is 6.92 Å². The molecule has 1 aromatic heterocycles. The normalized spacial score (nSPS) is 12.1. The highest BCUT2D eigenvalue weighted by Crippen LogP contribution is 2.07. The van der Waals surface area contributed by atoms with E-state index in [4.69, 9.17) is 10.4 Å². The number of nitrogens with zero attached hydrogens (tertiary/aromatic N) is 3. The number of carboxylic acid groups (broad SMARTS) is 1. The number of imidazole rings is 1. The van der Waals surface area contributed by atoms with Crippen molar-refractivity contribution in [1.82, 2.24) is 4.57 Å². The van der Waals surface area contributed by atoms with Crippen LogP contribution in [-0.4, -0.2) is 15.6 Å². The number of aryl methyl sites for hydroxylation is 1. The van der Waals surface area contributed by atoms with Crippen LogP contribution in [0.5, 0.6) is 0 Å². The molecular weight excluding hydrogens is 206 g/mol. The smallest absolute Gasteiger partial charge is 0.346 e. The molecule has 1 rings (SSSR count). The van der Waals surface area contributed by atoms with Crippen LogP contribution < -0.4 is 4.57 Å². The van der Waals surface area contributed by atoms with Gasteiger partial charge in [-0.15, -0.1) is 0 Å². The molecule has 86 valence electrons. The summed E-state index contributed by atoms with van der Waals surface area (Å²) in [5.41, 5.74) is 0.932. The maximum atomic E-state index is 10.7. The van der Waals surface area contributed by atoms with Gasteiger partial charge >= 0.3 is 5.97 Å². The molecule has 5 nitrogen and oxygen atoms in total. The molecule has 1 N–H and O–H groups in total. The van der Waals surface area contributed by atoms with E-state index in [1.54, 1.807) is 11.5 Å². The van der Waals surface area contributed by atoms with Gasteiger partial charge in [0.15, 0.2) is 12.6 Å². The van der Waals surface area contributed by atoms with E-state index in [2.05, 4.69) is 6.07 Å². The summed E-state index contributed by atoms with van der Waals surface area (Å²) in [6, 6.07) is 1.86. The van der Waals surface area contributed by atoms with Gasteiger partial charge in [0.2, 0.25) is 0 Å². The molecule has 1 heterocycles. The molecule has 0 amide bonds. The van der Waals surface area contributed by atoms with Crippen molar-refractivity contribution >= 4 is 5.97 Å². The fraction of sp³-hybridized carbons (Fsp3) is 0.545. The molecule has 1 atom stereocenters. The number of carboxylic acids is 1. The summed E-state index contributed by atoms with van der Waals surface area (Å²) in [7, 11) is 0. The summed E-state index contributed by atoms with van der Waals surface area (Å²) in [5, 5.41) is 17.7. The van der Waals surface area contributed by atoms with E-state index in [9.17, 15) is 4.79 Å². The molecule has 0 spiro atoms. The van der Waals surface area contributed by atoms with Crippen LogP contribution in [0.1, 0.15) is 31.4 Å². The zero-order chi connectivity index (χ0) is 12.3. The van der Waals surface area contributed by atoms with Crippen molar-refractivity contribution in [3.05, 3.63) is 17.7 Å². The van der Waals surface area contributed by atoms with Gasteiger partial charge in [-0.05, 0) is 6.92 Å². The van der Waals surface area contributed by atoms with Gasteiger partial charge in [-0.25, -0.2) is 13.9 Å². The Hall–Kier alpha value is -1.83. The Kier molecular flexibility index (Phi) is 3.67. The van der Waals surface area contributed by atoms with Crippen LogP contribution in [0.15, 0.2) is 6.20 Å². The molecule has 5 heteroatoms. The fourth-order valence-corrected chi connectivity index (χ4v) is 1.76. The molecule has 0 aromatic carbocycles. The van der Waals surface area contributed by atoms with Crippen LogP contribution in [0.2, 0.25) is 0 Å². The Morgan fingerprint density at radius 1 is 1.75 bits per heavy atom. The second-order valence-electron chi connectivity index (χ2n) is 3.71. The van der Waals surface area contributed by atoms with E-state index in [0.29, 0.717) is 0 Å². The van der Waals surface area contributed by atoms with Crippen LogP contribution in [0.4, 0.5) is 0 Å². The molecule has 0 saturated carbocycles. The minimum atomic E-state index is -0.870. The highest BCUT2D eigenvalue weighted by Gasteiger charge is 2.23. The second-order valence-corrected chi connectivity index (χ2v) is 3.71. The van der Waals surface area contributed by atoms with E-state index in [1.165, 1.54) is 0 Å². The lowest BCUT2D eigenvalue weighted by Gasteiger charge is -2.00. The van der Waals surface area contributed by atoms with Crippen LogP contribution >= 0.6 is 0 Å². The maximum absolute atomic E-state index is 10.7. The quantitative estimate of drug-likeness (QED) is 0.766. The first-order valence-corrected chi connectivity index (χ1v) is 5.22. The summed E-state index contributed by atoms with van der Waals surface area (Å²) in [4.78, 5) is 10.7. The minimum absolute atomic E-state index is 0.0554. The number of aliphatic carboxylic acids is 1. The molecular formula is C11H16N3O2+. The van der Waals surface area contributed by atoms with Crippen molar-refractivity contribution < 1.29 is 14.5 Å². The molecule has 1 unspecified atom stereocenters. The fourth-order valence-electron chi connectivity index (χ4n) is 1.76. The predicted octanol–water partition coefficient (Wildman–Crippen LogP) is 0.816. The lowest BCUT2D eigenvalue weighted by molar-refractivity contribution is -0.712. The Morgan fingerprint density at radius 3 is 2.81 bits per heavy atom. The van der Waals surface area contributed by atoms with Crippen LogP contribution in [-0.2, 0) is 17.8 Å². The molecule has 0 fully saturated rings. The summed E-state index contributed by atoms with van der Waals surface area (Å²) in [5.74, 6) is -0.0709. The topological polar surface area (TPSA) is 69.9 Å². The number of nitriles is 1. The first-order valence-electron chi connectivity index (χ1n) is 5.22. The first-order chi connectivity index (χ1) is 7.51. The summed E-state index contributed by atoms with van der Waals surface area (Å²) in [6.45, 7) is 5.53. The van der Waals surface area contributed by atoms with Crippen LogP contribution in [0.25, 0.3) is 0 Å².